The van der Waals surface area contributed by atoms with Crippen LogP contribution in [0.3, 0.4) is 0 Å². The van der Waals surface area contributed by atoms with E-state index in [9.17, 15) is 4.79 Å². The summed E-state index contributed by atoms with van der Waals surface area (Å²) < 4.78 is 0. The highest BCUT2D eigenvalue weighted by atomic mass is 16.1. The van der Waals surface area contributed by atoms with Crippen LogP contribution in [0, 0.1) is 0 Å². The van der Waals surface area contributed by atoms with Gasteiger partial charge in [0.2, 0.25) is 6.08 Å². The van der Waals surface area contributed by atoms with Crippen molar-refractivity contribution >= 4 is 17.5 Å². The van der Waals surface area contributed by atoms with E-state index in [2.05, 4.69) is 15.2 Å². The first kappa shape index (κ1) is 9.90. The number of carbonyl (C=O) groups excluding carboxylic acids is 1. The zero-order chi connectivity index (χ0) is 10.5. The van der Waals surface area contributed by atoms with Crippen molar-refractivity contribution in [1.82, 2.24) is 5.32 Å². The van der Waals surface area contributed by atoms with E-state index in [0.717, 1.165) is 31.9 Å². The fraction of sp³-hybridized carbons (Fsp3) is 0.364. The van der Waals surface area contributed by atoms with Gasteiger partial charge in [-0.05, 0) is 12.1 Å². The first-order chi connectivity index (χ1) is 7.42. The van der Waals surface area contributed by atoms with E-state index in [1.54, 1.807) is 6.08 Å². The number of rotatable bonds is 2. The third kappa shape index (κ3) is 2.24. The monoisotopic (exact) mass is 203 g/mol. The maximum Gasteiger partial charge on any atom is 0.240 e. The number of benzene rings is 1. The van der Waals surface area contributed by atoms with Crippen LogP contribution in [-0.2, 0) is 4.79 Å². The van der Waals surface area contributed by atoms with Crippen molar-refractivity contribution in [2.45, 2.75) is 0 Å². The Morgan fingerprint density at radius 3 is 2.73 bits per heavy atom. The lowest BCUT2D eigenvalue weighted by atomic mass is 10.2. The molecule has 1 aliphatic rings. The van der Waals surface area contributed by atoms with E-state index < -0.39 is 0 Å². The number of anilines is 1. The Morgan fingerprint density at radius 1 is 1.27 bits per heavy atom. The Morgan fingerprint density at radius 2 is 2.00 bits per heavy atom. The van der Waals surface area contributed by atoms with Crippen LogP contribution in [-0.4, -0.2) is 32.3 Å². The SMILES string of the molecule is O=C=Nc1ccccc1N1CCNCC1. The second-order valence-corrected chi connectivity index (χ2v) is 3.43. The van der Waals surface area contributed by atoms with Gasteiger partial charge in [0.05, 0.1) is 11.4 Å². The molecule has 4 nitrogen and oxygen atoms in total. The molecule has 1 saturated heterocycles. The fourth-order valence-corrected chi connectivity index (χ4v) is 1.78. The Kier molecular flexibility index (Phi) is 3.12. The molecular weight excluding hydrogens is 190 g/mol. The van der Waals surface area contributed by atoms with Crippen LogP contribution in [0.25, 0.3) is 0 Å². The molecule has 0 radical (unpaired) electrons. The summed E-state index contributed by atoms with van der Waals surface area (Å²) in [5, 5.41) is 3.29. The van der Waals surface area contributed by atoms with E-state index in [1.165, 1.54) is 0 Å². The van der Waals surface area contributed by atoms with Crippen molar-refractivity contribution in [2.24, 2.45) is 4.99 Å². The molecule has 0 aliphatic carbocycles. The van der Waals surface area contributed by atoms with Crippen molar-refractivity contribution in [1.29, 1.82) is 0 Å². The van der Waals surface area contributed by atoms with Crippen LogP contribution < -0.4 is 10.2 Å². The Bertz CT molecular complexity index is 379. The average molecular weight is 203 g/mol. The number of nitrogens with one attached hydrogen (secondary N) is 1. The van der Waals surface area contributed by atoms with Gasteiger partial charge in [0, 0.05) is 26.2 Å². The smallest absolute Gasteiger partial charge is 0.240 e. The minimum absolute atomic E-state index is 0.703. The molecule has 0 aromatic heterocycles. The predicted octanol–water partition coefficient (Wildman–Crippen LogP) is 1.06. The third-order valence-corrected chi connectivity index (χ3v) is 2.51. The van der Waals surface area contributed by atoms with Gasteiger partial charge in [0.15, 0.2) is 0 Å². The van der Waals surface area contributed by atoms with E-state index in [0.29, 0.717) is 5.69 Å². The van der Waals surface area contributed by atoms with Crippen LogP contribution in [0.15, 0.2) is 29.3 Å². The lowest BCUT2D eigenvalue weighted by Gasteiger charge is -2.30. The van der Waals surface area contributed by atoms with Crippen LogP contribution >= 0.6 is 0 Å². The molecule has 0 atom stereocenters. The third-order valence-electron chi connectivity index (χ3n) is 2.51. The summed E-state index contributed by atoms with van der Waals surface area (Å²) in [6, 6.07) is 7.66. The van der Waals surface area contributed by atoms with E-state index in [1.807, 2.05) is 24.3 Å². The number of hydrogen-bond acceptors (Lipinski definition) is 4. The summed E-state index contributed by atoms with van der Waals surface area (Å²) in [7, 11) is 0. The molecule has 1 fully saturated rings. The van der Waals surface area contributed by atoms with Gasteiger partial charge in [-0.3, -0.25) is 0 Å². The molecule has 0 amide bonds. The molecular formula is C11H13N3O. The second kappa shape index (κ2) is 4.73. The average Bonchev–Trinajstić information content (AvgIpc) is 2.31. The van der Waals surface area contributed by atoms with Crippen molar-refractivity contribution in [3.63, 3.8) is 0 Å². The Hall–Kier alpha value is -1.64. The van der Waals surface area contributed by atoms with Crippen molar-refractivity contribution in [3.8, 4) is 0 Å². The van der Waals surface area contributed by atoms with Crippen molar-refractivity contribution in [2.75, 3.05) is 31.1 Å². The molecule has 1 aromatic rings. The van der Waals surface area contributed by atoms with Crippen LogP contribution in [0.4, 0.5) is 11.4 Å². The zero-order valence-corrected chi connectivity index (χ0v) is 8.44. The number of piperazine rings is 1. The molecule has 15 heavy (non-hydrogen) atoms. The van der Waals surface area contributed by atoms with Crippen molar-refractivity contribution in [3.05, 3.63) is 24.3 Å². The largest absolute Gasteiger partial charge is 0.367 e. The Labute approximate surface area is 88.6 Å². The van der Waals surface area contributed by atoms with Crippen LogP contribution in [0.5, 0.6) is 0 Å². The minimum Gasteiger partial charge on any atom is -0.367 e. The molecule has 2 rings (SSSR count). The first-order valence-electron chi connectivity index (χ1n) is 5.04. The molecule has 1 heterocycles. The summed E-state index contributed by atoms with van der Waals surface area (Å²) in [6.45, 7) is 3.84. The summed E-state index contributed by atoms with van der Waals surface area (Å²) >= 11 is 0. The molecule has 1 aliphatic heterocycles. The van der Waals surface area contributed by atoms with Gasteiger partial charge in [-0.15, -0.1) is 0 Å². The molecule has 0 bridgehead atoms. The van der Waals surface area contributed by atoms with Crippen LogP contribution in [0.1, 0.15) is 0 Å². The number of isocyanates is 1. The molecule has 1 aromatic carbocycles. The molecule has 78 valence electrons. The standard InChI is InChI=1S/C11H13N3O/c15-9-13-10-3-1-2-4-11(10)14-7-5-12-6-8-14/h1-4,12H,5-8H2. The van der Waals surface area contributed by atoms with Gasteiger partial charge in [-0.1, -0.05) is 12.1 Å². The van der Waals surface area contributed by atoms with E-state index in [-0.39, 0.29) is 0 Å². The topological polar surface area (TPSA) is 44.7 Å². The minimum atomic E-state index is 0.703. The highest BCUT2D eigenvalue weighted by Crippen LogP contribution is 2.27. The van der Waals surface area contributed by atoms with Gasteiger partial charge in [0.25, 0.3) is 0 Å². The van der Waals surface area contributed by atoms with Crippen LogP contribution in [0.2, 0.25) is 0 Å². The molecule has 0 unspecified atom stereocenters. The number of hydrogen-bond donors (Lipinski definition) is 1. The predicted molar refractivity (Wildman–Crippen MR) is 59.3 cm³/mol. The number of aliphatic imine (C=N–C) groups is 1. The van der Waals surface area contributed by atoms with Gasteiger partial charge < -0.3 is 10.2 Å². The summed E-state index contributed by atoms with van der Waals surface area (Å²) in [4.78, 5) is 16.2. The fourth-order valence-electron chi connectivity index (χ4n) is 1.78. The summed E-state index contributed by atoms with van der Waals surface area (Å²) in [5.74, 6) is 0. The van der Waals surface area contributed by atoms with Gasteiger partial charge in [-0.2, -0.15) is 4.99 Å². The quantitative estimate of drug-likeness (QED) is 0.577. The van der Waals surface area contributed by atoms with Crippen molar-refractivity contribution < 1.29 is 4.79 Å². The lowest BCUT2D eigenvalue weighted by Crippen LogP contribution is -2.43. The summed E-state index contributed by atoms with van der Waals surface area (Å²) in [5.41, 5.74) is 1.72. The van der Waals surface area contributed by atoms with Gasteiger partial charge in [0.1, 0.15) is 0 Å². The van der Waals surface area contributed by atoms with E-state index >= 15 is 0 Å². The first-order valence-corrected chi connectivity index (χ1v) is 5.04. The maximum atomic E-state index is 10.3. The maximum absolute atomic E-state index is 10.3. The highest BCUT2D eigenvalue weighted by Gasteiger charge is 2.12. The molecule has 0 saturated carbocycles. The van der Waals surface area contributed by atoms with Gasteiger partial charge in [-0.25, -0.2) is 4.79 Å². The zero-order valence-electron chi connectivity index (χ0n) is 8.44. The molecule has 0 spiro atoms. The molecule has 4 heteroatoms. The van der Waals surface area contributed by atoms with Gasteiger partial charge >= 0.3 is 0 Å². The lowest BCUT2D eigenvalue weighted by molar-refractivity contribution is 0.565. The number of nitrogens with zero attached hydrogens (tertiary/aromatic N) is 2. The molecule has 1 N–H and O–H groups in total. The summed E-state index contributed by atoms with van der Waals surface area (Å²) in [6.07, 6.45) is 1.60. The Balaban J connectivity index is 2.28. The second-order valence-electron chi connectivity index (χ2n) is 3.43. The van der Waals surface area contributed by atoms with E-state index in [4.69, 9.17) is 0 Å². The number of para-hydroxylation sites is 2. The normalized spacial score (nSPS) is 15.9. The highest BCUT2D eigenvalue weighted by molar-refractivity contribution is 5.69.